The van der Waals surface area contributed by atoms with E-state index in [1.165, 1.54) is 12.1 Å². The van der Waals surface area contributed by atoms with Gasteiger partial charge in [0.25, 0.3) is 5.56 Å². The fraction of sp³-hybridized carbons (Fsp3) is 0.0833. The number of halogens is 1. The maximum atomic E-state index is 13.4. The highest BCUT2D eigenvalue weighted by molar-refractivity contribution is 5.74. The van der Waals surface area contributed by atoms with Crippen LogP contribution >= 0.6 is 0 Å². The molecule has 2 aromatic heterocycles. The number of nitrogens with one attached hydrogen (secondary N) is 2. The molecule has 96 valence electrons. The van der Waals surface area contributed by atoms with Crippen molar-refractivity contribution in [3.05, 3.63) is 46.0 Å². The Bertz CT molecular complexity index is 809. The second-order valence-electron chi connectivity index (χ2n) is 4.10. The average molecular weight is 260 g/mol. The summed E-state index contributed by atoms with van der Waals surface area (Å²) in [5.74, 6) is -0.342. The van der Waals surface area contributed by atoms with Crippen LogP contribution in [0, 0.1) is 12.7 Å². The summed E-state index contributed by atoms with van der Waals surface area (Å²) in [7, 11) is 0. The number of hydrogen-bond acceptors (Lipinski definition) is 5. The summed E-state index contributed by atoms with van der Waals surface area (Å²) in [5, 5.41) is 9.98. The van der Waals surface area contributed by atoms with Gasteiger partial charge in [0.1, 0.15) is 11.5 Å². The SMILES string of the molecule is Cc1ccc(Nc2cc3nonc3[nH]c2=O)cc1F. The predicted octanol–water partition coefficient (Wildman–Crippen LogP) is 2.10. The Morgan fingerprint density at radius 1 is 1.32 bits per heavy atom. The van der Waals surface area contributed by atoms with Gasteiger partial charge in [-0.3, -0.25) is 4.79 Å². The molecule has 19 heavy (non-hydrogen) atoms. The number of benzene rings is 1. The quantitative estimate of drug-likeness (QED) is 0.737. The molecule has 0 aliphatic rings. The Morgan fingerprint density at radius 2 is 2.16 bits per heavy atom. The van der Waals surface area contributed by atoms with Crippen molar-refractivity contribution in [1.82, 2.24) is 15.3 Å². The molecule has 3 rings (SSSR count). The van der Waals surface area contributed by atoms with Gasteiger partial charge in [-0.05, 0) is 34.9 Å². The first kappa shape index (κ1) is 11.4. The summed E-state index contributed by atoms with van der Waals surface area (Å²) >= 11 is 0. The van der Waals surface area contributed by atoms with Crippen LogP contribution in [-0.2, 0) is 0 Å². The molecule has 6 nitrogen and oxygen atoms in total. The van der Waals surface area contributed by atoms with Crippen molar-refractivity contribution in [3.63, 3.8) is 0 Å². The molecular formula is C12H9FN4O2. The van der Waals surface area contributed by atoms with Crippen molar-refractivity contribution in [2.45, 2.75) is 6.92 Å². The number of fused-ring (bicyclic) bond motifs is 1. The van der Waals surface area contributed by atoms with Crippen molar-refractivity contribution < 1.29 is 9.02 Å². The van der Waals surface area contributed by atoms with Crippen LogP contribution in [0.15, 0.2) is 33.7 Å². The van der Waals surface area contributed by atoms with E-state index in [9.17, 15) is 9.18 Å². The van der Waals surface area contributed by atoms with Crippen LogP contribution in [0.4, 0.5) is 15.8 Å². The lowest BCUT2D eigenvalue weighted by Gasteiger charge is -2.06. The summed E-state index contributed by atoms with van der Waals surface area (Å²) in [6.07, 6.45) is 0. The van der Waals surface area contributed by atoms with E-state index in [-0.39, 0.29) is 22.7 Å². The molecular weight excluding hydrogens is 251 g/mol. The Balaban J connectivity index is 2.02. The molecule has 2 N–H and O–H groups in total. The number of aryl methyl sites for hydroxylation is 1. The minimum Gasteiger partial charge on any atom is -0.351 e. The third-order valence-electron chi connectivity index (χ3n) is 2.72. The lowest BCUT2D eigenvalue weighted by molar-refractivity contribution is 0.314. The van der Waals surface area contributed by atoms with Gasteiger partial charge in [0, 0.05) is 11.8 Å². The molecule has 0 radical (unpaired) electrons. The lowest BCUT2D eigenvalue weighted by atomic mass is 10.2. The molecule has 0 saturated carbocycles. The van der Waals surface area contributed by atoms with Crippen LogP contribution in [-0.4, -0.2) is 15.3 Å². The van der Waals surface area contributed by atoms with E-state index in [1.54, 1.807) is 19.1 Å². The van der Waals surface area contributed by atoms with Crippen molar-refractivity contribution in [1.29, 1.82) is 0 Å². The highest BCUT2D eigenvalue weighted by Crippen LogP contribution is 2.18. The highest BCUT2D eigenvalue weighted by Gasteiger charge is 2.08. The summed E-state index contributed by atoms with van der Waals surface area (Å²) < 4.78 is 17.9. The maximum Gasteiger partial charge on any atom is 0.273 e. The molecule has 0 saturated heterocycles. The number of rotatable bonds is 2. The second kappa shape index (κ2) is 4.20. The van der Waals surface area contributed by atoms with E-state index >= 15 is 0 Å². The van der Waals surface area contributed by atoms with Crippen LogP contribution in [0.3, 0.4) is 0 Å². The largest absolute Gasteiger partial charge is 0.351 e. The van der Waals surface area contributed by atoms with Gasteiger partial charge in [-0.15, -0.1) is 0 Å². The van der Waals surface area contributed by atoms with E-state index in [1.807, 2.05) is 0 Å². The first-order chi connectivity index (χ1) is 9.13. The van der Waals surface area contributed by atoms with Gasteiger partial charge in [0.15, 0.2) is 5.52 Å². The second-order valence-corrected chi connectivity index (χ2v) is 4.10. The first-order valence-electron chi connectivity index (χ1n) is 5.52. The average Bonchev–Trinajstić information content (AvgIpc) is 2.81. The van der Waals surface area contributed by atoms with Gasteiger partial charge in [-0.1, -0.05) is 6.07 Å². The standard InChI is InChI=1S/C12H9FN4O2/c1-6-2-3-7(4-8(6)13)14-10-5-9-11(15-12(10)18)17-19-16-9/h2-5,14H,1H3,(H,15,17,18). The molecule has 0 aliphatic carbocycles. The zero-order chi connectivity index (χ0) is 13.4. The fourth-order valence-electron chi connectivity index (χ4n) is 1.67. The summed E-state index contributed by atoms with van der Waals surface area (Å²) in [6, 6.07) is 6.12. The molecule has 7 heteroatoms. The number of aromatic amines is 1. The molecule has 2 heterocycles. The monoisotopic (exact) mass is 260 g/mol. The van der Waals surface area contributed by atoms with Gasteiger partial charge in [-0.25, -0.2) is 9.02 Å². The maximum absolute atomic E-state index is 13.4. The number of H-pyrrole nitrogens is 1. The first-order valence-corrected chi connectivity index (χ1v) is 5.52. The molecule has 0 bridgehead atoms. The van der Waals surface area contributed by atoms with Gasteiger partial charge >= 0.3 is 0 Å². The zero-order valence-electron chi connectivity index (χ0n) is 9.90. The van der Waals surface area contributed by atoms with Crippen molar-refractivity contribution in [2.75, 3.05) is 5.32 Å². The molecule has 1 aromatic carbocycles. The Hall–Kier alpha value is -2.70. The van der Waals surface area contributed by atoms with Crippen LogP contribution in [0.25, 0.3) is 11.2 Å². The van der Waals surface area contributed by atoms with E-state index in [4.69, 9.17) is 0 Å². The smallest absolute Gasteiger partial charge is 0.273 e. The van der Waals surface area contributed by atoms with Gasteiger partial charge in [-0.2, -0.15) is 0 Å². The van der Waals surface area contributed by atoms with E-state index in [0.29, 0.717) is 16.8 Å². The molecule has 0 aliphatic heterocycles. The van der Waals surface area contributed by atoms with Crippen LogP contribution in [0.5, 0.6) is 0 Å². The number of aromatic nitrogens is 3. The molecule has 0 spiro atoms. The zero-order valence-corrected chi connectivity index (χ0v) is 9.90. The van der Waals surface area contributed by atoms with Gasteiger partial charge < -0.3 is 10.3 Å². The topological polar surface area (TPSA) is 83.8 Å². The normalized spacial score (nSPS) is 10.8. The third kappa shape index (κ3) is 2.05. The van der Waals surface area contributed by atoms with Crippen LogP contribution in [0.1, 0.15) is 5.56 Å². The fourth-order valence-corrected chi connectivity index (χ4v) is 1.67. The Morgan fingerprint density at radius 3 is 2.95 bits per heavy atom. The van der Waals surface area contributed by atoms with Crippen molar-refractivity contribution >= 4 is 22.5 Å². The molecule has 0 amide bonds. The molecule has 0 atom stereocenters. The molecule has 0 unspecified atom stereocenters. The Kier molecular flexibility index (Phi) is 2.52. The van der Waals surface area contributed by atoms with E-state index in [0.717, 1.165) is 0 Å². The summed E-state index contributed by atoms with van der Waals surface area (Å²) in [4.78, 5) is 14.3. The van der Waals surface area contributed by atoms with Crippen molar-refractivity contribution in [2.24, 2.45) is 0 Å². The number of nitrogens with zero attached hydrogens (tertiary/aromatic N) is 2. The predicted molar refractivity (Wildman–Crippen MR) is 66.8 cm³/mol. The molecule has 3 aromatic rings. The minimum atomic E-state index is -0.385. The van der Waals surface area contributed by atoms with Gasteiger partial charge in [0.05, 0.1) is 0 Å². The third-order valence-corrected chi connectivity index (χ3v) is 2.72. The van der Waals surface area contributed by atoms with E-state index in [2.05, 4.69) is 25.2 Å². The van der Waals surface area contributed by atoms with E-state index < -0.39 is 0 Å². The molecule has 0 fully saturated rings. The van der Waals surface area contributed by atoms with Crippen LogP contribution in [0.2, 0.25) is 0 Å². The summed E-state index contributed by atoms with van der Waals surface area (Å²) in [5.41, 5.74) is 1.55. The summed E-state index contributed by atoms with van der Waals surface area (Å²) in [6.45, 7) is 1.67. The number of anilines is 2. The lowest BCUT2D eigenvalue weighted by Crippen LogP contribution is -2.11. The van der Waals surface area contributed by atoms with Crippen LogP contribution < -0.4 is 10.9 Å². The minimum absolute atomic E-state index is 0.242. The van der Waals surface area contributed by atoms with Crippen molar-refractivity contribution in [3.8, 4) is 0 Å². The Labute approximate surface area is 106 Å². The van der Waals surface area contributed by atoms with Gasteiger partial charge in [0.2, 0.25) is 5.65 Å². The number of hydrogen-bond donors (Lipinski definition) is 2. The number of pyridine rings is 1. The highest BCUT2D eigenvalue weighted by atomic mass is 19.1.